The molecule has 0 aliphatic carbocycles. The maximum atomic E-state index is 12.6. The van der Waals surface area contributed by atoms with Crippen LogP contribution in [0.15, 0.2) is 48.6 Å². The standard InChI is InChI=1S/C57H99NO10S2/c1-5-7-9-11-13-15-17-19-21-23-25-27-29-31-33-35-44-64-54(60)48-69-50-56(62)66-46-38-40-52(68-53(59)42-37-43-58(3)4)41-39-47-67-57(63)51-70-49-55(61)65-45-36-34-32-30-28-26-24-22-20-18-16-14-12-10-8-6-2/h13-16,19-22,52H,5-12,17-18,23-51H2,1-4H3/b15-13-,16-14-,21-19-,22-20-. The van der Waals surface area contributed by atoms with Crippen LogP contribution in [0, 0.1) is 0 Å². The van der Waals surface area contributed by atoms with E-state index in [4.69, 9.17) is 23.7 Å². The average Bonchev–Trinajstić information content (AvgIpc) is 3.33. The van der Waals surface area contributed by atoms with Crippen LogP contribution in [-0.2, 0) is 47.7 Å². The van der Waals surface area contributed by atoms with E-state index in [2.05, 4.69) is 62.5 Å². The lowest BCUT2D eigenvalue weighted by molar-refractivity contribution is -0.151. The molecule has 0 saturated heterocycles. The van der Waals surface area contributed by atoms with Gasteiger partial charge in [0.05, 0.1) is 49.4 Å². The van der Waals surface area contributed by atoms with Gasteiger partial charge in [0.15, 0.2) is 0 Å². The molecule has 0 radical (unpaired) electrons. The summed E-state index contributed by atoms with van der Waals surface area (Å²) in [5, 5.41) is 0. The largest absolute Gasteiger partial charge is 0.465 e. The minimum Gasteiger partial charge on any atom is -0.465 e. The Labute approximate surface area is 435 Å². The zero-order valence-corrected chi connectivity index (χ0v) is 46.3. The predicted molar refractivity (Wildman–Crippen MR) is 293 cm³/mol. The maximum Gasteiger partial charge on any atom is 0.315 e. The first kappa shape index (κ1) is 67.0. The van der Waals surface area contributed by atoms with Crippen molar-refractivity contribution in [1.29, 1.82) is 0 Å². The number of rotatable bonds is 51. The maximum absolute atomic E-state index is 12.6. The van der Waals surface area contributed by atoms with Crippen molar-refractivity contribution in [3.05, 3.63) is 48.6 Å². The Hall–Kier alpha value is -3.03. The van der Waals surface area contributed by atoms with Crippen molar-refractivity contribution >= 4 is 53.4 Å². The van der Waals surface area contributed by atoms with Gasteiger partial charge >= 0.3 is 29.8 Å². The summed E-state index contributed by atoms with van der Waals surface area (Å²) in [5.74, 6) is -1.48. The SMILES string of the molecule is CCCCC/C=C\C/C=C\CCCCCCCCOC(=O)CSCC(=O)OCCCC(CCCOC(=O)CSCC(=O)OCCCCCCCC/C=C\C/C=C\CCCCC)OC(=O)CCCN(C)C. The molecule has 0 spiro atoms. The van der Waals surface area contributed by atoms with Crippen molar-refractivity contribution in [2.45, 2.75) is 213 Å². The normalized spacial score (nSPS) is 11.8. The molecule has 0 aromatic carbocycles. The number of nitrogens with zero attached hydrogens (tertiary/aromatic N) is 1. The van der Waals surface area contributed by atoms with Gasteiger partial charge in [-0.15, -0.1) is 23.5 Å². The third kappa shape index (κ3) is 52.8. The van der Waals surface area contributed by atoms with Crippen LogP contribution in [0.5, 0.6) is 0 Å². The van der Waals surface area contributed by atoms with Crippen molar-refractivity contribution < 1.29 is 47.7 Å². The highest BCUT2D eigenvalue weighted by Gasteiger charge is 2.16. The number of ether oxygens (including phenoxy) is 5. The summed E-state index contributed by atoms with van der Waals surface area (Å²) >= 11 is 2.35. The zero-order valence-electron chi connectivity index (χ0n) is 44.6. The number of hydrogen-bond acceptors (Lipinski definition) is 13. The van der Waals surface area contributed by atoms with E-state index in [1.165, 1.54) is 113 Å². The molecule has 0 aromatic rings. The Morgan fingerprint density at radius 3 is 1.09 bits per heavy atom. The highest BCUT2D eigenvalue weighted by Crippen LogP contribution is 2.15. The second-order valence-electron chi connectivity index (χ2n) is 18.3. The Bertz CT molecular complexity index is 1300. The fraction of sp³-hybridized carbons (Fsp3) is 0.772. The summed E-state index contributed by atoms with van der Waals surface area (Å²) in [6.45, 7) is 6.36. The molecule has 0 aliphatic rings. The number of carbonyl (C=O) groups excluding carboxylic acids is 5. The van der Waals surface area contributed by atoms with E-state index < -0.39 is 18.0 Å². The van der Waals surface area contributed by atoms with Gasteiger partial charge in [-0.05, 0) is 130 Å². The van der Waals surface area contributed by atoms with Gasteiger partial charge < -0.3 is 28.6 Å². The molecule has 0 saturated carbocycles. The molecule has 0 unspecified atom stereocenters. The summed E-state index contributed by atoms with van der Waals surface area (Å²) in [6, 6.07) is 0. The smallest absolute Gasteiger partial charge is 0.315 e. The topological polar surface area (TPSA) is 135 Å². The van der Waals surface area contributed by atoms with Gasteiger partial charge in [0, 0.05) is 6.42 Å². The number of allylic oxidation sites excluding steroid dienone is 8. The van der Waals surface area contributed by atoms with E-state index >= 15 is 0 Å². The van der Waals surface area contributed by atoms with Gasteiger partial charge in [-0.2, -0.15) is 0 Å². The van der Waals surface area contributed by atoms with Crippen molar-refractivity contribution in [2.24, 2.45) is 0 Å². The van der Waals surface area contributed by atoms with E-state index in [-0.39, 0.29) is 54.1 Å². The van der Waals surface area contributed by atoms with Gasteiger partial charge in [-0.3, -0.25) is 24.0 Å². The first-order valence-electron chi connectivity index (χ1n) is 27.4. The van der Waals surface area contributed by atoms with E-state index in [0.717, 1.165) is 70.8 Å². The molecule has 0 amide bonds. The molecule has 13 heteroatoms. The second kappa shape index (κ2) is 53.8. The number of esters is 5. The van der Waals surface area contributed by atoms with Gasteiger partial charge in [0.25, 0.3) is 0 Å². The van der Waals surface area contributed by atoms with Crippen LogP contribution in [0.25, 0.3) is 0 Å². The van der Waals surface area contributed by atoms with Crippen LogP contribution >= 0.6 is 23.5 Å². The molecule has 11 nitrogen and oxygen atoms in total. The summed E-state index contributed by atoms with van der Waals surface area (Å²) in [4.78, 5) is 63.5. The first-order valence-corrected chi connectivity index (χ1v) is 29.7. The van der Waals surface area contributed by atoms with Crippen LogP contribution in [0.4, 0.5) is 0 Å². The molecule has 0 aromatic heterocycles. The van der Waals surface area contributed by atoms with Crippen molar-refractivity contribution in [2.75, 3.05) is 70.1 Å². The highest BCUT2D eigenvalue weighted by molar-refractivity contribution is 8.00. The third-order valence-electron chi connectivity index (χ3n) is 11.2. The van der Waals surface area contributed by atoms with Gasteiger partial charge in [-0.1, -0.05) is 140 Å². The summed E-state index contributed by atoms with van der Waals surface area (Å²) in [6.07, 6.45) is 48.5. The Kier molecular flexibility index (Phi) is 51.4. The number of unbranched alkanes of at least 4 members (excludes halogenated alkanes) is 18. The van der Waals surface area contributed by atoms with E-state index in [1.54, 1.807) is 0 Å². The zero-order chi connectivity index (χ0) is 51.2. The number of hydrogen-bond donors (Lipinski definition) is 0. The molecule has 0 fully saturated rings. The summed E-state index contributed by atoms with van der Waals surface area (Å²) < 4.78 is 27.2. The third-order valence-corrected chi connectivity index (χ3v) is 13.0. The lowest BCUT2D eigenvalue weighted by atomic mass is 10.1. The van der Waals surface area contributed by atoms with E-state index in [9.17, 15) is 24.0 Å². The lowest BCUT2D eigenvalue weighted by Gasteiger charge is -2.18. The number of thioether (sulfide) groups is 2. The molecule has 70 heavy (non-hydrogen) atoms. The molecule has 404 valence electrons. The summed E-state index contributed by atoms with van der Waals surface area (Å²) in [7, 11) is 3.90. The van der Waals surface area contributed by atoms with E-state index in [0.29, 0.717) is 51.7 Å². The van der Waals surface area contributed by atoms with E-state index in [1.807, 2.05) is 19.0 Å². The molecule has 0 N–H and O–H groups in total. The van der Waals surface area contributed by atoms with Crippen molar-refractivity contribution in [3.8, 4) is 0 Å². The van der Waals surface area contributed by atoms with Crippen molar-refractivity contribution in [1.82, 2.24) is 4.90 Å². The molecule has 0 rings (SSSR count). The minimum atomic E-state index is -0.411. The van der Waals surface area contributed by atoms with Crippen LogP contribution in [0.1, 0.15) is 206 Å². The van der Waals surface area contributed by atoms with Gasteiger partial charge in [0.1, 0.15) is 6.10 Å². The number of carbonyl (C=O) groups is 5. The minimum absolute atomic E-state index is 0.0478. The molecule has 0 aliphatic heterocycles. The van der Waals surface area contributed by atoms with Crippen molar-refractivity contribution in [3.63, 3.8) is 0 Å². The fourth-order valence-electron chi connectivity index (χ4n) is 7.20. The van der Waals surface area contributed by atoms with Crippen LogP contribution in [0.2, 0.25) is 0 Å². The Morgan fingerprint density at radius 2 is 0.729 bits per heavy atom. The lowest BCUT2D eigenvalue weighted by Crippen LogP contribution is -2.22. The second-order valence-corrected chi connectivity index (χ2v) is 20.3. The summed E-state index contributed by atoms with van der Waals surface area (Å²) in [5.41, 5.74) is 0. The van der Waals surface area contributed by atoms with Gasteiger partial charge in [0.2, 0.25) is 0 Å². The molecular formula is C57H99NO10S2. The molecule has 0 heterocycles. The highest BCUT2D eigenvalue weighted by atomic mass is 32.2. The quantitative estimate of drug-likeness (QED) is 0.0248. The molecular weight excluding hydrogens is 923 g/mol. The Balaban J connectivity index is 4.09. The van der Waals surface area contributed by atoms with Gasteiger partial charge in [-0.25, -0.2) is 0 Å². The van der Waals surface area contributed by atoms with Crippen LogP contribution in [0.3, 0.4) is 0 Å². The van der Waals surface area contributed by atoms with Crippen LogP contribution in [-0.4, -0.2) is 111 Å². The molecule has 0 atom stereocenters. The predicted octanol–water partition coefficient (Wildman–Crippen LogP) is 14.1. The monoisotopic (exact) mass is 1020 g/mol. The Morgan fingerprint density at radius 1 is 0.400 bits per heavy atom. The molecule has 0 bridgehead atoms. The van der Waals surface area contributed by atoms with Crippen LogP contribution < -0.4 is 0 Å². The first-order chi connectivity index (χ1) is 34.2. The fourth-order valence-corrected chi connectivity index (χ4v) is 8.40. The average molecular weight is 1020 g/mol.